The number of nitrogens with two attached hydrogens (primary N) is 1. The third-order valence-electron chi connectivity index (χ3n) is 3.21. The lowest BCUT2D eigenvalue weighted by molar-refractivity contribution is 0.204. The van der Waals surface area contributed by atoms with Gasteiger partial charge in [-0.1, -0.05) is 0 Å². The van der Waals surface area contributed by atoms with Crippen LogP contribution in [0.25, 0.3) is 10.9 Å². The van der Waals surface area contributed by atoms with Crippen LogP contribution in [-0.2, 0) is 4.74 Å². The highest BCUT2D eigenvalue weighted by atomic mass is 16.5. The summed E-state index contributed by atoms with van der Waals surface area (Å²) in [5, 5.41) is 1.13. The molecule has 0 amide bonds. The molecule has 2 rings (SSSR count). The second-order valence-electron chi connectivity index (χ2n) is 4.89. The number of nitrogens with zero attached hydrogens (tertiary/aromatic N) is 2. The molecule has 2 aromatic rings. The second kappa shape index (κ2) is 5.89. The van der Waals surface area contributed by atoms with Crippen LogP contribution in [0.1, 0.15) is 13.8 Å². The average molecular weight is 259 g/mol. The Morgan fingerprint density at radius 2 is 2.11 bits per heavy atom. The summed E-state index contributed by atoms with van der Waals surface area (Å²) in [6.45, 7) is 5.92. The highest BCUT2D eigenvalue weighted by Crippen LogP contribution is 2.27. The van der Waals surface area contributed by atoms with Crippen molar-refractivity contribution in [3.05, 3.63) is 30.5 Å². The van der Waals surface area contributed by atoms with Crippen LogP contribution < -0.4 is 10.6 Å². The Hall–Kier alpha value is -1.81. The molecule has 1 heterocycles. The van der Waals surface area contributed by atoms with Crippen LogP contribution in [0.2, 0.25) is 0 Å². The SMILES string of the molecule is COCCN(c1ccnc2cc(N)ccc12)C(C)C. The molecule has 0 bridgehead atoms. The van der Waals surface area contributed by atoms with E-state index in [0.29, 0.717) is 12.6 Å². The maximum absolute atomic E-state index is 5.82. The van der Waals surface area contributed by atoms with Gasteiger partial charge < -0.3 is 15.4 Å². The molecule has 0 saturated heterocycles. The summed E-state index contributed by atoms with van der Waals surface area (Å²) < 4.78 is 5.20. The minimum atomic E-state index is 0.401. The van der Waals surface area contributed by atoms with Gasteiger partial charge in [-0.25, -0.2) is 0 Å². The van der Waals surface area contributed by atoms with E-state index in [1.165, 1.54) is 5.69 Å². The molecule has 0 saturated carbocycles. The van der Waals surface area contributed by atoms with Gasteiger partial charge in [0.05, 0.1) is 12.1 Å². The van der Waals surface area contributed by atoms with E-state index < -0.39 is 0 Å². The fourth-order valence-corrected chi connectivity index (χ4v) is 2.25. The van der Waals surface area contributed by atoms with Crippen LogP contribution in [0.5, 0.6) is 0 Å². The largest absolute Gasteiger partial charge is 0.399 e. The fourth-order valence-electron chi connectivity index (χ4n) is 2.25. The van der Waals surface area contributed by atoms with Crippen molar-refractivity contribution in [1.82, 2.24) is 4.98 Å². The Balaban J connectivity index is 2.47. The lowest BCUT2D eigenvalue weighted by Crippen LogP contribution is -2.34. The topological polar surface area (TPSA) is 51.4 Å². The zero-order valence-corrected chi connectivity index (χ0v) is 11.8. The van der Waals surface area contributed by atoms with Gasteiger partial charge in [0.1, 0.15) is 0 Å². The van der Waals surface area contributed by atoms with Crippen LogP contribution in [-0.4, -0.2) is 31.3 Å². The third kappa shape index (κ3) is 2.96. The number of benzene rings is 1. The first-order valence-electron chi connectivity index (χ1n) is 6.53. The summed E-state index contributed by atoms with van der Waals surface area (Å²) in [6.07, 6.45) is 1.83. The molecule has 1 aromatic heterocycles. The smallest absolute Gasteiger partial charge is 0.0743 e. The molecule has 0 aliphatic heterocycles. The first-order valence-corrected chi connectivity index (χ1v) is 6.53. The molecular weight excluding hydrogens is 238 g/mol. The van der Waals surface area contributed by atoms with Gasteiger partial charge in [-0.05, 0) is 38.1 Å². The van der Waals surface area contributed by atoms with Gasteiger partial charge in [0.2, 0.25) is 0 Å². The number of anilines is 2. The average Bonchev–Trinajstić information content (AvgIpc) is 2.38. The molecule has 0 spiro atoms. The van der Waals surface area contributed by atoms with E-state index in [1.54, 1.807) is 7.11 Å². The van der Waals surface area contributed by atoms with Crippen molar-refractivity contribution in [3.63, 3.8) is 0 Å². The van der Waals surface area contributed by atoms with Crippen LogP contribution in [0.3, 0.4) is 0 Å². The molecule has 4 nitrogen and oxygen atoms in total. The molecular formula is C15H21N3O. The molecule has 0 aliphatic rings. The molecule has 19 heavy (non-hydrogen) atoms. The van der Waals surface area contributed by atoms with Crippen molar-refractivity contribution in [2.75, 3.05) is 30.9 Å². The summed E-state index contributed by atoms with van der Waals surface area (Å²) in [6, 6.07) is 8.32. The number of pyridine rings is 1. The van der Waals surface area contributed by atoms with Crippen LogP contribution in [0.4, 0.5) is 11.4 Å². The van der Waals surface area contributed by atoms with Gasteiger partial charge in [0.25, 0.3) is 0 Å². The number of nitrogen functional groups attached to an aromatic ring is 1. The molecule has 0 fully saturated rings. The van der Waals surface area contributed by atoms with E-state index in [4.69, 9.17) is 10.5 Å². The van der Waals surface area contributed by atoms with Gasteiger partial charge in [0, 0.05) is 42.7 Å². The van der Waals surface area contributed by atoms with Gasteiger partial charge in [-0.3, -0.25) is 4.98 Å². The van der Waals surface area contributed by atoms with E-state index in [9.17, 15) is 0 Å². The number of methoxy groups -OCH3 is 1. The number of hydrogen-bond acceptors (Lipinski definition) is 4. The lowest BCUT2D eigenvalue weighted by Gasteiger charge is -2.29. The van der Waals surface area contributed by atoms with Crippen molar-refractivity contribution in [3.8, 4) is 0 Å². The number of ether oxygens (including phenoxy) is 1. The van der Waals surface area contributed by atoms with E-state index in [-0.39, 0.29) is 0 Å². The Labute approximate surface area is 114 Å². The predicted molar refractivity (Wildman–Crippen MR) is 80.5 cm³/mol. The highest BCUT2D eigenvalue weighted by molar-refractivity contribution is 5.93. The Morgan fingerprint density at radius 1 is 1.32 bits per heavy atom. The number of aromatic nitrogens is 1. The lowest BCUT2D eigenvalue weighted by atomic mass is 10.1. The van der Waals surface area contributed by atoms with Crippen LogP contribution in [0.15, 0.2) is 30.5 Å². The van der Waals surface area contributed by atoms with E-state index in [1.807, 2.05) is 30.5 Å². The molecule has 1 aromatic carbocycles. The first-order chi connectivity index (χ1) is 9.13. The molecule has 2 N–H and O–H groups in total. The molecule has 4 heteroatoms. The van der Waals surface area contributed by atoms with E-state index in [2.05, 4.69) is 23.7 Å². The van der Waals surface area contributed by atoms with Gasteiger partial charge >= 0.3 is 0 Å². The maximum Gasteiger partial charge on any atom is 0.0743 e. The number of fused-ring (bicyclic) bond motifs is 1. The van der Waals surface area contributed by atoms with E-state index >= 15 is 0 Å². The summed E-state index contributed by atoms with van der Waals surface area (Å²) in [4.78, 5) is 6.71. The molecule has 0 atom stereocenters. The Kier molecular flexibility index (Phi) is 4.22. The minimum Gasteiger partial charge on any atom is -0.399 e. The third-order valence-corrected chi connectivity index (χ3v) is 3.21. The maximum atomic E-state index is 5.82. The summed E-state index contributed by atoms with van der Waals surface area (Å²) in [7, 11) is 1.73. The number of rotatable bonds is 5. The van der Waals surface area contributed by atoms with Gasteiger partial charge in [-0.15, -0.1) is 0 Å². The minimum absolute atomic E-state index is 0.401. The predicted octanol–water partition coefficient (Wildman–Crippen LogP) is 2.68. The van der Waals surface area contributed by atoms with Crippen molar-refractivity contribution < 1.29 is 4.74 Å². The normalized spacial score (nSPS) is 11.2. The highest BCUT2D eigenvalue weighted by Gasteiger charge is 2.13. The van der Waals surface area contributed by atoms with Gasteiger partial charge in [0.15, 0.2) is 0 Å². The first kappa shape index (κ1) is 13.6. The molecule has 0 unspecified atom stereocenters. The van der Waals surface area contributed by atoms with Crippen molar-refractivity contribution in [2.45, 2.75) is 19.9 Å². The zero-order valence-electron chi connectivity index (χ0n) is 11.8. The molecule has 102 valence electrons. The Bertz CT molecular complexity index is 554. The monoisotopic (exact) mass is 259 g/mol. The van der Waals surface area contributed by atoms with Crippen molar-refractivity contribution >= 4 is 22.3 Å². The van der Waals surface area contributed by atoms with Crippen molar-refractivity contribution in [2.24, 2.45) is 0 Å². The van der Waals surface area contributed by atoms with Crippen LogP contribution in [0, 0.1) is 0 Å². The fraction of sp³-hybridized carbons (Fsp3) is 0.400. The van der Waals surface area contributed by atoms with Crippen LogP contribution >= 0.6 is 0 Å². The standard InChI is InChI=1S/C15H21N3O/c1-11(2)18(8-9-19-3)15-6-7-17-14-10-12(16)4-5-13(14)15/h4-7,10-11H,8-9,16H2,1-3H3. The summed E-state index contributed by atoms with van der Waals surface area (Å²) in [5.41, 5.74) is 8.67. The molecule has 0 radical (unpaired) electrons. The van der Waals surface area contributed by atoms with Crippen molar-refractivity contribution in [1.29, 1.82) is 0 Å². The molecule has 0 aliphatic carbocycles. The summed E-state index contributed by atoms with van der Waals surface area (Å²) >= 11 is 0. The Morgan fingerprint density at radius 3 is 2.79 bits per heavy atom. The van der Waals surface area contributed by atoms with E-state index in [0.717, 1.165) is 23.1 Å². The summed E-state index contributed by atoms with van der Waals surface area (Å²) in [5.74, 6) is 0. The van der Waals surface area contributed by atoms with Gasteiger partial charge in [-0.2, -0.15) is 0 Å². The quantitative estimate of drug-likeness (QED) is 0.839. The second-order valence-corrected chi connectivity index (χ2v) is 4.89. The number of hydrogen-bond donors (Lipinski definition) is 1. The zero-order chi connectivity index (χ0) is 13.8.